The van der Waals surface area contributed by atoms with Crippen molar-refractivity contribution in [3.8, 4) is 5.75 Å². The van der Waals surface area contributed by atoms with Crippen molar-refractivity contribution in [2.45, 2.75) is 0 Å². The number of methoxy groups -OCH3 is 1. The van der Waals surface area contributed by atoms with Gasteiger partial charge in [-0.25, -0.2) is 4.39 Å². The summed E-state index contributed by atoms with van der Waals surface area (Å²) in [4.78, 5) is 12.4. The van der Waals surface area contributed by atoms with Crippen molar-refractivity contribution >= 4 is 44.3 Å². The molecule has 0 saturated carbocycles. The molecular formula is C14H9BrFIO2. The quantitative estimate of drug-likeness (QED) is 0.527. The molecule has 0 N–H and O–H groups in total. The summed E-state index contributed by atoms with van der Waals surface area (Å²) < 4.78 is 20.5. The van der Waals surface area contributed by atoms with Crippen LogP contribution in [0.5, 0.6) is 5.75 Å². The van der Waals surface area contributed by atoms with E-state index in [1.165, 1.54) is 19.2 Å². The van der Waals surface area contributed by atoms with Gasteiger partial charge in [-0.2, -0.15) is 0 Å². The summed E-state index contributed by atoms with van der Waals surface area (Å²) in [6.45, 7) is 0. The Labute approximate surface area is 132 Å². The Hall–Kier alpha value is -0.950. The highest BCUT2D eigenvalue weighted by atomic mass is 127. The summed E-state index contributed by atoms with van der Waals surface area (Å²) in [5.41, 5.74) is 0.470. The fourth-order valence-corrected chi connectivity index (χ4v) is 2.60. The van der Waals surface area contributed by atoms with Crippen molar-refractivity contribution in [1.29, 1.82) is 0 Å². The Balaban J connectivity index is 2.53. The third kappa shape index (κ3) is 2.97. The number of halogens is 3. The predicted octanol–water partition coefficient (Wildman–Crippen LogP) is 4.43. The van der Waals surface area contributed by atoms with Gasteiger partial charge in [0.25, 0.3) is 0 Å². The topological polar surface area (TPSA) is 26.3 Å². The number of benzene rings is 2. The van der Waals surface area contributed by atoms with Crippen LogP contribution >= 0.6 is 38.5 Å². The molecule has 98 valence electrons. The molecule has 0 fully saturated rings. The predicted molar refractivity (Wildman–Crippen MR) is 83.2 cm³/mol. The van der Waals surface area contributed by atoms with Crippen molar-refractivity contribution in [2.75, 3.05) is 7.11 Å². The van der Waals surface area contributed by atoms with Crippen LogP contribution in [0.15, 0.2) is 40.9 Å². The molecule has 0 aliphatic heterocycles. The minimum Gasteiger partial charge on any atom is -0.494 e. The highest BCUT2D eigenvalue weighted by molar-refractivity contribution is 14.1. The first kappa shape index (κ1) is 14.5. The van der Waals surface area contributed by atoms with Gasteiger partial charge < -0.3 is 4.74 Å². The standard InChI is InChI=1S/C14H9BrFIO2/c1-19-12-4-2-3-9(13(12)16)14(18)10-7-8(15)5-6-11(10)17/h2-7H,1H3. The van der Waals surface area contributed by atoms with Crippen molar-refractivity contribution in [3.63, 3.8) is 0 Å². The lowest BCUT2D eigenvalue weighted by Crippen LogP contribution is -2.07. The van der Waals surface area contributed by atoms with Crippen LogP contribution in [0.4, 0.5) is 4.39 Å². The van der Waals surface area contributed by atoms with E-state index < -0.39 is 5.82 Å². The number of carbonyl (C=O) groups is 1. The largest absolute Gasteiger partial charge is 0.494 e. The monoisotopic (exact) mass is 434 g/mol. The molecule has 0 unspecified atom stereocenters. The summed E-state index contributed by atoms with van der Waals surface area (Å²) in [6.07, 6.45) is 0. The number of ether oxygens (including phenoxy) is 1. The van der Waals surface area contributed by atoms with Crippen molar-refractivity contribution in [3.05, 3.63) is 61.4 Å². The van der Waals surface area contributed by atoms with E-state index in [1.54, 1.807) is 18.2 Å². The maximum Gasteiger partial charge on any atom is 0.197 e. The van der Waals surface area contributed by atoms with Gasteiger partial charge in [0.05, 0.1) is 12.7 Å². The molecule has 2 aromatic rings. The molecule has 0 radical (unpaired) electrons. The van der Waals surface area contributed by atoms with Gasteiger partial charge in [0.1, 0.15) is 0 Å². The van der Waals surface area contributed by atoms with Gasteiger partial charge in [-0.3, -0.25) is 4.79 Å². The smallest absolute Gasteiger partial charge is 0.197 e. The molecule has 0 bridgehead atoms. The lowest BCUT2D eigenvalue weighted by molar-refractivity contribution is 0.103. The molecular weight excluding hydrogens is 426 g/mol. The molecule has 2 aromatic carbocycles. The van der Waals surface area contributed by atoms with E-state index in [9.17, 15) is 9.18 Å². The lowest BCUT2D eigenvalue weighted by atomic mass is 10.0. The van der Waals surface area contributed by atoms with Gasteiger partial charge in [0, 0.05) is 13.6 Å². The lowest BCUT2D eigenvalue weighted by Gasteiger charge is -2.08. The average molecular weight is 435 g/mol. The minimum atomic E-state index is -0.634. The zero-order valence-corrected chi connectivity index (χ0v) is 13.7. The summed E-state index contributed by atoms with van der Waals surface area (Å²) >= 11 is 5.36. The van der Waals surface area contributed by atoms with Gasteiger partial charge in [-0.15, -0.1) is 0 Å². The third-order valence-corrected chi connectivity index (χ3v) is 4.03. The SMILES string of the molecule is COc1cccc(C(=O)c2cc(Br)ccc2I)c1F. The summed E-state index contributed by atoms with van der Waals surface area (Å²) in [5, 5.41) is 0. The average Bonchev–Trinajstić information content (AvgIpc) is 2.41. The van der Waals surface area contributed by atoms with Crippen LogP contribution in [0, 0.1) is 9.39 Å². The zero-order chi connectivity index (χ0) is 14.0. The third-order valence-electron chi connectivity index (χ3n) is 2.60. The van der Waals surface area contributed by atoms with Crippen LogP contribution in [-0.2, 0) is 0 Å². The van der Waals surface area contributed by atoms with Crippen LogP contribution in [0.3, 0.4) is 0 Å². The molecule has 0 amide bonds. The molecule has 0 aliphatic rings. The van der Waals surface area contributed by atoms with E-state index in [4.69, 9.17) is 4.74 Å². The molecule has 0 saturated heterocycles. The van der Waals surface area contributed by atoms with Crippen molar-refractivity contribution in [1.82, 2.24) is 0 Å². The molecule has 19 heavy (non-hydrogen) atoms. The second-order valence-corrected chi connectivity index (χ2v) is 5.85. The maximum atomic E-state index is 14.1. The second kappa shape index (κ2) is 6.00. The van der Waals surface area contributed by atoms with E-state index in [1.807, 2.05) is 6.07 Å². The molecule has 0 heterocycles. The highest BCUT2D eigenvalue weighted by Gasteiger charge is 2.19. The number of ketones is 1. The molecule has 0 atom stereocenters. The summed E-state index contributed by atoms with van der Waals surface area (Å²) in [6, 6.07) is 9.86. The Morgan fingerprint density at radius 3 is 2.68 bits per heavy atom. The van der Waals surface area contributed by atoms with Crippen LogP contribution in [0.1, 0.15) is 15.9 Å². The summed E-state index contributed by atoms with van der Waals surface area (Å²) in [5.74, 6) is -0.927. The Kier molecular flexibility index (Phi) is 4.57. The fraction of sp³-hybridized carbons (Fsp3) is 0.0714. The van der Waals surface area contributed by atoms with E-state index in [-0.39, 0.29) is 17.1 Å². The van der Waals surface area contributed by atoms with Crippen molar-refractivity contribution < 1.29 is 13.9 Å². The van der Waals surface area contributed by atoms with Crippen LogP contribution in [-0.4, -0.2) is 12.9 Å². The Bertz CT molecular complexity index is 643. The first-order valence-corrected chi connectivity index (χ1v) is 7.24. The first-order valence-electron chi connectivity index (χ1n) is 5.37. The number of rotatable bonds is 3. The highest BCUT2D eigenvalue weighted by Crippen LogP contribution is 2.25. The molecule has 2 rings (SSSR count). The van der Waals surface area contributed by atoms with Gasteiger partial charge in [-0.1, -0.05) is 22.0 Å². The normalized spacial score (nSPS) is 10.3. The molecule has 2 nitrogen and oxygen atoms in total. The molecule has 0 aliphatic carbocycles. The van der Waals surface area contributed by atoms with Gasteiger partial charge in [0.2, 0.25) is 0 Å². The van der Waals surface area contributed by atoms with E-state index in [0.717, 1.165) is 8.04 Å². The first-order chi connectivity index (χ1) is 9.04. The second-order valence-electron chi connectivity index (χ2n) is 3.78. The maximum absolute atomic E-state index is 14.1. The van der Waals surface area contributed by atoms with Crippen LogP contribution in [0.25, 0.3) is 0 Å². The molecule has 0 aromatic heterocycles. The van der Waals surface area contributed by atoms with Gasteiger partial charge >= 0.3 is 0 Å². The van der Waals surface area contributed by atoms with E-state index in [0.29, 0.717) is 5.56 Å². The zero-order valence-electron chi connectivity index (χ0n) is 9.91. The minimum absolute atomic E-state index is 0.00960. The van der Waals surface area contributed by atoms with Crippen molar-refractivity contribution in [2.24, 2.45) is 0 Å². The number of hydrogen-bond acceptors (Lipinski definition) is 2. The van der Waals surface area contributed by atoms with Gasteiger partial charge in [0.15, 0.2) is 17.3 Å². The molecule has 5 heteroatoms. The molecule has 0 spiro atoms. The summed E-state index contributed by atoms with van der Waals surface area (Å²) in [7, 11) is 1.37. The Morgan fingerprint density at radius 1 is 1.26 bits per heavy atom. The number of hydrogen-bond donors (Lipinski definition) is 0. The van der Waals surface area contributed by atoms with Gasteiger partial charge in [-0.05, 0) is 52.9 Å². The van der Waals surface area contributed by atoms with E-state index in [2.05, 4.69) is 38.5 Å². The van der Waals surface area contributed by atoms with Crippen LogP contribution < -0.4 is 4.74 Å². The Morgan fingerprint density at radius 2 is 2.00 bits per heavy atom. The fourth-order valence-electron chi connectivity index (χ4n) is 1.66. The van der Waals surface area contributed by atoms with Crippen LogP contribution in [0.2, 0.25) is 0 Å². The van der Waals surface area contributed by atoms with E-state index >= 15 is 0 Å². The number of carbonyl (C=O) groups excluding carboxylic acids is 1.